The van der Waals surface area contributed by atoms with Gasteiger partial charge in [0.1, 0.15) is 0 Å². The first-order chi connectivity index (χ1) is 8.72. The highest BCUT2D eigenvalue weighted by Crippen LogP contribution is 2.24. The molecule has 0 aromatic heterocycles. The van der Waals surface area contributed by atoms with Crippen molar-refractivity contribution in [3.63, 3.8) is 0 Å². The molecular weight excluding hydrogens is 236 g/mol. The van der Waals surface area contributed by atoms with E-state index in [2.05, 4.69) is 15.3 Å². The molecule has 1 aliphatic rings. The van der Waals surface area contributed by atoms with Crippen LogP contribution in [0, 0.1) is 5.92 Å². The van der Waals surface area contributed by atoms with Gasteiger partial charge in [0.25, 0.3) is 0 Å². The molecule has 0 bridgehead atoms. The lowest BCUT2D eigenvalue weighted by molar-refractivity contribution is 0.0801. The molecule has 0 unspecified atom stereocenters. The van der Waals surface area contributed by atoms with E-state index < -0.39 is 6.09 Å². The topological polar surface area (TPSA) is 107 Å². The van der Waals surface area contributed by atoms with Crippen molar-refractivity contribution < 1.29 is 14.6 Å². The van der Waals surface area contributed by atoms with E-state index in [9.17, 15) is 4.79 Å². The maximum Gasteiger partial charge on any atom is 0.404 e. The number of hydrogen-bond donors (Lipinski definition) is 2. The zero-order valence-corrected chi connectivity index (χ0v) is 10.4. The zero-order chi connectivity index (χ0) is 13.2. The summed E-state index contributed by atoms with van der Waals surface area (Å²) in [6.45, 7) is 1.81. The van der Waals surface area contributed by atoms with Crippen LogP contribution in [0.5, 0.6) is 0 Å². The van der Waals surface area contributed by atoms with Crippen molar-refractivity contribution in [2.75, 3.05) is 19.8 Å². The van der Waals surface area contributed by atoms with Gasteiger partial charge in [0.05, 0.1) is 0 Å². The van der Waals surface area contributed by atoms with E-state index in [0.717, 1.165) is 38.7 Å². The van der Waals surface area contributed by atoms with Crippen molar-refractivity contribution in [1.82, 2.24) is 5.32 Å². The van der Waals surface area contributed by atoms with Crippen LogP contribution < -0.4 is 5.32 Å². The molecule has 0 aromatic rings. The predicted octanol–water partition coefficient (Wildman–Crippen LogP) is 2.53. The lowest BCUT2D eigenvalue weighted by Crippen LogP contribution is -2.37. The normalized spacial score (nSPS) is 23.1. The summed E-state index contributed by atoms with van der Waals surface area (Å²) >= 11 is 0. The van der Waals surface area contributed by atoms with Gasteiger partial charge in [-0.3, -0.25) is 0 Å². The first-order valence-electron chi connectivity index (χ1n) is 6.30. The highest BCUT2D eigenvalue weighted by molar-refractivity contribution is 5.64. The van der Waals surface area contributed by atoms with Crippen molar-refractivity contribution in [1.29, 1.82) is 0 Å². The summed E-state index contributed by atoms with van der Waals surface area (Å²) in [4.78, 5) is 13.1. The number of amides is 1. The highest BCUT2D eigenvalue weighted by Gasteiger charge is 2.22. The standard InChI is InChI=1S/C11H20N4O3/c12-15-13-6-1-7-18-8-9-2-4-10(5-3-9)14-11(16)17/h9-10,14H,1-8H2,(H,16,17)/t9-,10-. The average Bonchev–Trinajstić information content (AvgIpc) is 2.35. The third-order valence-electron chi connectivity index (χ3n) is 3.14. The van der Waals surface area contributed by atoms with E-state index in [1.165, 1.54) is 0 Å². The molecule has 1 fully saturated rings. The van der Waals surface area contributed by atoms with Crippen molar-refractivity contribution in [2.45, 2.75) is 38.1 Å². The van der Waals surface area contributed by atoms with Crippen molar-refractivity contribution in [2.24, 2.45) is 11.0 Å². The minimum atomic E-state index is -0.937. The highest BCUT2D eigenvalue weighted by atomic mass is 16.5. The molecule has 102 valence electrons. The Labute approximate surface area is 106 Å². The third-order valence-corrected chi connectivity index (χ3v) is 3.14. The van der Waals surface area contributed by atoms with Crippen LogP contribution >= 0.6 is 0 Å². The second kappa shape index (κ2) is 8.60. The van der Waals surface area contributed by atoms with Crippen molar-refractivity contribution in [3.8, 4) is 0 Å². The van der Waals surface area contributed by atoms with Gasteiger partial charge in [-0.05, 0) is 43.6 Å². The fourth-order valence-electron chi connectivity index (χ4n) is 2.18. The number of carbonyl (C=O) groups is 1. The number of ether oxygens (including phenoxy) is 1. The molecule has 1 amide bonds. The summed E-state index contributed by atoms with van der Waals surface area (Å²) < 4.78 is 5.52. The molecule has 1 aliphatic carbocycles. The van der Waals surface area contributed by atoms with Crippen LogP contribution in [0.3, 0.4) is 0 Å². The van der Waals surface area contributed by atoms with Gasteiger partial charge in [-0.25, -0.2) is 4.79 Å². The Morgan fingerprint density at radius 2 is 2.17 bits per heavy atom. The quantitative estimate of drug-likeness (QED) is 0.316. The molecule has 1 rings (SSSR count). The zero-order valence-electron chi connectivity index (χ0n) is 10.4. The summed E-state index contributed by atoms with van der Waals surface area (Å²) in [5.74, 6) is 0.524. The number of nitrogens with one attached hydrogen (secondary N) is 1. The fraction of sp³-hybridized carbons (Fsp3) is 0.909. The van der Waals surface area contributed by atoms with Crippen LogP contribution in [0.15, 0.2) is 5.11 Å². The maximum atomic E-state index is 10.5. The van der Waals surface area contributed by atoms with E-state index in [0.29, 0.717) is 19.1 Å². The number of hydrogen-bond acceptors (Lipinski definition) is 3. The molecule has 7 heteroatoms. The summed E-state index contributed by atoms with van der Waals surface area (Å²) in [5.41, 5.74) is 8.08. The second-order valence-corrected chi connectivity index (χ2v) is 4.55. The summed E-state index contributed by atoms with van der Waals surface area (Å²) in [5, 5.41) is 14.6. The van der Waals surface area contributed by atoms with Crippen LogP contribution in [0.25, 0.3) is 10.4 Å². The Morgan fingerprint density at radius 1 is 1.44 bits per heavy atom. The van der Waals surface area contributed by atoms with E-state index >= 15 is 0 Å². The molecule has 0 atom stereocenters. The first-order valence-corrected chi connectivity index (χ1v) is 6.30. The molecule has 0 radical (unpaired) electrons. The number of carboxylic acid groups (broad SMARTS) is 1. The Kier molecular flexibility index (Phi) is 6.98. The molecule has 0 aromatic carbocycles. The maximum absolute atomic E-state index is 10.5. The Hall–Kier alpha value is -1.46. The van der Waals surface area contributed by atoms with E-state index in [-0.39, 0.29) is 6.04 Å². The lowest BCUT2D eigenvalue weighted by atomic mass is 9.86. The minimum Gasteiger partial charge on any atom is -0.465 e. The van der Waals surface area contributed by atoms with Gasteiger partial charge >= 0.3 is 6.09 Å². The van der Waals surface area contributed by atoms with Gasteiger partial charge in [0.15, 0.2) is 0 Å². The van der Waals surface area contributed by atoms with Gasteiger partial charge in [0, 0.05) is 30.7 Å². The first kappa shape index (κ1) is 14.6. The Morgan fingerprint density at radius 3 is 2.78 bits per heavy atom. The molecule has 7 nitrogen and oxygen atoms in total. The summed E-state index contributed by atoms with van der Waals surface area (Å²) in [7, 11) is 0. The van der Waals surface area contributed by atoms with E-state index in [1.807, 2.05) is 0 Å². The molecule has 2 N–H and O–H groups in total. The van der Waals surface area contributed by atoms with Gasteiger partial charge in [-0.15, -0.1) is 0 Å². The van der Waals surface area contributed by atoms with Crippen molar-refractivity contribution >= 4 is 6.09 Å². The van der Waals surface area contributed by atoms with E-state index in [1.54, 1.807) is 0 Å². The molecular formula is C11H20N4O3. The lowest BCUT2D eigenvalue weighted by Gasteiger charge is -2.28. The molecule has 1 saturated carbocycles. The SMILES string of the molecule is [N-]=[N+]=NCCCOC[C@H]1CC[C@H](NC(=O)O)CC1. The molecule has 0 aliphatic heterocycles. The Bertz CT molecular complexity index is 297. The molecule has 18 heavy (non-hydrogen) atoms. The number of azide groups is 1. The molecule has 0 saturated heterocycles. The van der Waals surface area contributed by atoms with Gasteiger partial charge < -0.3 is 15.2 Å². The van der Waals surface area contributed by atoms with Crippen LogP contribution in [0.2, 0.25) is 0 Å². The number of nitrogens with zero attached hydrogens (tertiary/aromatic N) is 3. The van der Waals surface area contributed by atoms with Crippen molar-refractivity contribution in [3.05, 3.63) is 10.4 Å². The number of rotatable bonds is 7. The largest absolute Gasteiger partial charge is 0.465 e. The van der Waals surface area contributed by atoms with Crippen LogP contribution in [0.4, 0.5) is 4.79 Å². The Balaban J connectivity index is 2.01. The van der Waals surface area contributed by atoms with Gasteiger partial charge in [-0.2, -0.15) is 0 Å². The third kappa shape index (κ3) is 6.32. The molecule has 0 heterocycles. The average molecular weight is 256 g/mol. The van der Waals surface area contributed by atoms with Gasteiger partial charge in [-0.1, -0.05) is 5.11 Å². The minimum absolute atomic E-state index is 0.101. The monoisotopic (exact) mass is 256 g/mol. The van der Waals surface area contributed by atoms with Gasteiger partial charge in [0.2, 0.25) is 0 Å². The summed E-state index contributed by atoms with van der Waals surface area (Å²) in [6.07, 6.45) is 3.59. The second-order valence-electron chi connectivity index (χ2n) is 4.55. The fourth-order valence-corrected chi connectivity index (χ4v) is 2.18. The van der Waals surface area contributed by atoms with Crippen LogP contribution in [0.1, 0.15) is 32.1 Å². The summed E-state index contributed by atoms with van der Waals surface area (Å²) in [6, 6.07) is 0.101. The smallest absolute Gasteiger partial charge is 0.404 e. The van der Waals surface area contributed by atoms with E-state index in [4.69, 9.17) is 15.4 Å². The predicted molar refractivity (Wildman–Crippen MR) is 66.4 cm³/mol. The molecule has 0 spiro atoms. The van der Waals surface area contributed by atoms with Crippen LogP contribution in [-0.4, -0.2) is 37.0 Å². The van der Waals surface area contributed by atoms with Crippen LogP contribution in [-0.2, 0) is 4.74 Å².